The van der Waals surface area contributed by atoms with Crippen LogP contribution in [0.3, 0.4) is 0 Å². The molecule has 2 aromatic rings. The molecule has 2 amide bonds. The van der Waals surface area contributed by atoms with Crippen molar-refractivity contribution < 1.29 is 13.2 Å². The van der Waals surface area contributed by atoms with Gasteiger partial charge in [-0.15, -0.1) is 0 Å². The Balaban J connectivity index is 1.45. The highest BCUT2D eigenvalue weighted by molar-refractivity contribution is 7.89. The number of carbonyl (C=O) groups is 1. The van der Waals surface area contributed by atoms with E-state index in [4.69, 9.17) is 0 Å². The lowest BCUT2D eigenvalue weighted by molar-refractivity contribution is 0.240. The Morgan fingerprint density at radius 1 is 1.00 bits per heavy atom. The minimum Gasteiger partial charge on any atom is -0.338 e. The first-order valence-electron chi connectivity index (χ1n) is 9.55. The highest BCUT2D eigenvalue weighted by Gasteiger charge is 2.25. The molecular weight excluding hydrogens is 376 g/mol. The van der Waals surface area contributed by atoms with E-state index in [1.807, 2.05) is 12.1 Å². The molecule has 0 bridgehead atoms. The summed E-state index contributed by atoms with van der Waals surface area (Å²) in [6.07, 6.45) is 7.12. The summed E-state index contributed by atoms with van der Waals surface area (Å²) in [5.41, 5.74) is 1.91. The molecule has 0 aliphatic carbocycles. The number of urea groups is 1. The van der Waals surface area contributed by atoms with Crippen molar-refractivity contribution >= 4 is 16.1 Å². The molecule has 1 aliphatic rings. The summed E-state index contributed by atoms with van der Waals surface area (Å²) in [6, 6.07) is 10.3. The Kier molecular flexibility index (Phi) is 7.00. The Labute approximate surface area is 166 Å². The van der Waals surface area contributed by atoms with Crippen LogP contribution in [0.4, 0.5) is 4.79 Å². The average molecular weight is 403 g/mol. The normalized spacial score (nSPS) is 15.1. The highest BCUT2D eigenvalue weighted by atomic mass is 32.2. The Bertz CT molecular complexity index is 864. The van der Waals surface area contributed by atoms with E-state index in [-0.39, 0.29) is 6.03 Å². The number of rotatable bonds is 7. The molecule has 0 radical (unpaired) electrons. The van der Waals surface area contributed by atoms with Crippen LogP contribution in [0.15, 0.2) is 53.7 Å². The first-order chi connectivity index (χ1) is 13.6. The molecule has 3 rings (SSSR count). The van der Waals surface area contributed by atoms with E-state index in [2.05, 4.69) is 15.6 Å². The number of nitrogens with zero attached hydrogens (tertiary/aromatic N) is 2. The van der Waals surface area contributed by atoms with Crippen molar-refractivity contribution in [3.05, 3.63) is 59.9 Å². The molecule has 0 unspecified atom stereocenters. The third-order valence-electron chi connectivity index (χ3n) is 4.75. The van der Waals surface area contributed by atoms with Crippen LogP contribution in [-0.2, 0) is 23.0 Å². The maximum Gasteiger partial charge on any atom is 0.315 e. The van der Waals surface area contributed by atoms with Crippen LogP contribution >= 0.6 is 0 Å². The van der Waals surface area contributed by atoms with Crippen molar-refractivity contribution in [1.82, 2.24) is 19.9 Å². The molecule has 1 aromatic carbocycles. The zero-order chi connectivity index (χ0) is 19.8. The van der Waals surface area contributed by atoms with Crippen LogP contribution in [0.1, 0.15) is 30.4 Å². The van der Waals surface area contributed by atoms with E-state index in [1.54, 1.807) is 41.0 Å². The second-order valence-corrected chi connectivity index (χ2v) is 8.77. The number of carbonyl (C=O) groups excluding carboxylic acids is 1. The first-order valence-corrected chi connectivity index (χ1v) is 11.0. The van der Waals surface area contributed by atoms with Crippen molar-refractivity contribution in [2.24, 2.45) is 0 Å². The van der Waals surface area contributed by atoms with Crippen molar-refractivity contribution in [2.75, 3.05) is 19.6 Å². The number of piperidine rings is 1. The first kappa shape index (κ1) is 20.3. The van der Waals surface area contributed by atoms with E-state index in [0.29, 0.717) is 37.5 Å². The van der Waals surface area contributed by atoms with Crippen LogP contribution in [0.5, 0.6) is 0 Å². The largest absolute Gasteiger partial charge is 0.338 e. The standard InChI is InChI=1S/C20H26N4O3S/c25-20(22-12-10-17-5-4-11-21-15-17)23-16-18-6-8-19(9-7-18)28(26,27)24-13-2-1-3-14-24/h4-9,11,15H,1-3,10,12-14,16H2,(H2,22,23,25). The predicted molar refractivity (Wildman–Crippen MR) is 107 cm³/mol. The summed E-state index contributed by atoms with van der Waals surface area (Å²) in [7, 11) is -3.42. The third-order valence-corrected chi connectivity index (χ3v) is 6.66. The molecule has 2 N–H and O–H groups in total. The molecule has 7 nitrogen and oxygen atoms in total. The smallest absolute Gasteiger partial charge is 0.315 e. The SMILES string of the molecule is O=C(NCCc1cccnc1)NCc1ccc(S(=O)(=O)N2CCCCC2)cc1. The van der Waals surface area contributed by atoms with E-state index < -0.39 is 10.0 Å². The van der Waals surface area contributed by atoms with E-state index in [1.165, 1.54) is 0 Å². The van der Waals surface area contributed by atoms with Crippen molar-refractivity contribution in [3.63, 3.8) is 0 Å². The lowest BCUT2D eigenvalue weighted by Gasteiger charge is -2.25. The van der Waals surface area contributed by atoms with E-state index in [9.17, 15) is 13.2 Å². The van der Waals surface area contributed by atoms with Gasteiger partial charge in [-0.05, 0) is 48.6 Å². The van der Waals surface area contributed by atoms with Gasteiger partial charge >= 0.3 is 6.03 Å². The van der Waals surface area contributed by atoms with Gasteiger partial charge in [-0.25, -0.2) is 13.2 Å². The van der Waals surface area contributed by atoms with Gasteiger partial charge < -0.3 is 10.6 Å². The van der Waals surface area contributed by atoms with Gasteiger partial charge in [0.05, 0.1) is 4.90 Å². The fourth-order valence-corrected chi connectivity index (χ4v) is 4.66. The topological polar surface area (TPSA) is 91.4 Å². The predicted octanol–water partition coefficient (Wildman–Crippen LogP) is 2.30. The fourth-order valence-electron chi connectivity index (χ4n) is 3.14. The average Bonchev–Trinajstić information content (AvgIpc) is 2.74. The molecule has 2 heterocycles. The van der Waals surface area contributed by atoms with Crippen molar-refractivity contribution in [3.8, 4) is 0 Å². The second-order valence-electron chi connectivity index (χ2n) is 6.83. The maximum atomic E-state index is 12.6. The lowest BCUT2D eigenvalue weighted by Crippen LogP contribution is -2.36. The lowest BCUT2D eigenvalue weighted by atomic mass is 10.2. The maximum absolute atomic E-state index is 12.6. The Morgan fingerprint density at radius 2 is 1.75 bits per heavy atom. The van der Waals surface area contributed by atoms with Gasteiger partial charge in [0.2, 0.25) is 10.0 Å². The van der Waals surface area contributed by atoms with Crippen LogP contribution in [0.2, 0.25) is 0 Å². The number of benzene rings is 1. The molecule has 1 aliphatic heterocycles. The Morgan fingerprint density at radius 3 is 2.43 bits per heavy atom. The monoisotopic (exact) mass is 402 g/mol. The zero-order valence-electron chi connectivity index (χ0n) is 15.8. The number of sulfonamides is 1. The minimum absolute atomic E-state index is 0.256. The summed E-state index contributed by atoms with van der Waals surface area (Å²) < 4.78 is 26.8. The van der Waals surface area contributed by atoms with Crippen LogP contribution in [0.25, 0.3) is 0 Å². The van der Waals surface area contributed by atoms with Gasteiger partial charge in [-0.3, -0.25) is 4.98 Å². The van der Waals surface area contributed by atoms with Gasteiger partial charge in [-0.1, -0.05) is 24.6 Å². The fraction of sp³-hybridized carbons (Fsp3) is 0.400. The number of aromatic nitrogens is 1. The van der Waals surface area contributed by atoms with Crippen LogP contribution < -0.4 is 10.6 Å². The van der Waals surface area contributed by atoms with Crippen molar-refractivity contribution in [2.45, 2.75) is 37.1 Å². The molecule has 0 saturated carbocycles. The minimum atomic E-state index is -3.42. The highest BCUT2D eigenvalue weighted by Crippen LogP contribution is 2.20. The summed E-state index contributed by atoms with van der Waals surface area (Å²) >= 11 is 0. The summed E-state index contributed by atoms with van der Waals surface area (Å²) in [5.74, 6) is 0. The van der Waals surface area contributed by atoms with E-state index in [0.717, 1.165) is 30.4 Å². The molecule has 8 heteroatoms. The third kappa shape index (κ3) is 5.53. The van der Waals surface area contributed by atoms with Gasteiger partial charge in [0.25, 0.3) is 0 Å². The number of amides is 2. The van der Waals surface area contributed by atoms with Crippen LogP contribution in [0, 0.1) is 0 Å². The second kappa shape index (κ2) is 9.66. The molecule has 1 saturated heterocycles. The van der Waals surface area contributed by atoms with Crippen molar-refractivity contribution in [1.29, 1.82) is 0 Å². The Hall–Kier alpha value is -2.45. The number of hydrogen-bond donors (Lipinski definition) is 2. The summed E-state index contributed by atoms with van der Waals surface area (Å²) in [4.78, 5) is 16.2. The molecule has 150 valence electrons. The number of hydrogen-bond acceptors (Lipinski definition) is 4. The number of pyridine rings is 1. The summed E-state index contributed by atoms with van der Waals surface area (Å²) in [5, 5.41) is 5.58. The van der Waals surface area contributed by atoms with Gasteiger partial charge in [0.1, 0.15) is 0 Å². The molecule has 28 heavy (non-hydrogen) atoms. The summed E-state index contributed by atoms with van der Waals surface area (Å²) in [6.45, 7) is 2.03. The molecule has 0 atom stereocenters. The van der Waals surface area contributed by atoms with Gasteiger partial charge in [0.15, 0.2) is 0 Å². The molecule has 0 spiro atoms. The van der Waals surface area contributed by atoms with Crippen LogP contribution in [-0.4, -0.2) is 43.4 Å². The quantitative estimate of drug-likeness (QED) is 0.743. The molecule has 1 fully saturated rings. The zero-order valence-corrected chi connectivity index (χ0v) is 16.6. The number of nitrogens with one attached hydrogen (secondary N) is 2. The molecular formula is C20H26N4O3S. The van der Waals surface area contributed by atoms with E-state index >= 15 is 0 Å². The van der Waals surface area contributed by atoms with Gasteiger partial charge in [0, 0.05) is 38.6 Å². The molecule has 1 aromatic heterocycles. The van der Waals surface area contributed by atoms with Gasteiger partial charge in [-0.2, -0.15) is 4.31 Å².